The number of nitrogens with zero attached hydrogens (tertiary/aromatic N) is 5. The van der Waals surface area contributed by atoms with Crippen LogP contribution < -0.4 is 35.9 Å². The molecule has 9 rings (SSSR count). The number of methoxy groups -OCH3 is 4. The Morgan fingerprint density at radius 1 is 0.790 bits per heavy atom. The molecule has 4 atom stereocenters. The van der Waals surface area contributed by atoms with Crippen molar-refractivity contribution in [3.63, 3.8) is 0 Å². The number of allylic oxidation sites excluding steroid dienone is 4. The number of phenols is 1. The first-order valence-electron chi connectivity index (χ1n) is 20.1. The number of carbonyl (C=O) groups is 2. The highest BCUT2D eigenvalue weighted by Crippen LogP contribution is 2.63. The molecule has 0 spiro atoms. The average molecular weight is 838 g/mol. The number of aryl methyl sites for hydroxylation is 2. The summed E-state index contributed by atoms with van der Waals surface area (Å²) < 4.78 is 27.9. The van der Waals surface area contributed by atoms with Crippen molar-refractivity contribution in [3.8, 4) is 28.7 Å². The van der Waals surface area contributed by atoms with Crippen LogP contribution in [0.3, 0.4) is 0 Å². The Kier molecular flexibility index (Phi) is 9.84. The molecule has 0 bridgehead atoms. The average Bonchev–Trinajstić information content (AvgIpc) is 3.54. The van der Waals surface area contributed by atoms with E-state index in [0.29, 0.717) is 44.8 Å². The predicted octanol–water partition coefficient (Wildman–Crippen LogP) is 4.50. The molecule has 1 fully saturated rings. The summed E-state index contributed by atoms with van der Waals surface area (Å²) in [6, 6.07) is 23.3. The number of rotatable bonds is 10. The van der Waals surface area contributed by atoms with Crippen LogP contribution in [0.5, 0.6) is 28.7 Å². The maximum Gasteiger partial charge on any atom is 0.347 e. The number of fused-ring (bicyclic) bond motifs is 5. The molecule has 316 valence electrons. The second kappa shape index (κ2) is 15.2. The van der Waals surface area contributed by atoms with Crippen LogP contribution in [0.1, 0.15) is 40.8 Å². The number of aromatic hydroxyl groups is 1. The lowest BCUT2D eigenvalue weighted by Crippen LogP contribution is -2.58. The van der Waals surface area contributed by atoms with Gasteiger partial charge in [0, 0.05) is 67.3 Å². The van der Waals surface area contributed by atoms with Gasteiger partial charge in [-0.3, -0.25) is 14.4 Å². The van der Waals surface area contributed by atoms with Crippen molar-refractivity contribution in [1.82, 2.24) is 23.5 Å². The van der Waals surface area contributed by atoms with Crippen LogP contribution in [0.25, 0.3) is 16.6 Å². The van der Waals surface area contributed by atoms with E-state index in [4.69, 9.17) is 18.9 Å². The second-order valence-corrected chi connectivity index (χ2v) is 15.6. The predicted molar refractivity (Wildman–Crippen MR) is 228 cm³/mol. The van der Waals surface area contributed by atoms with Gasteiger partial charge in [-0.2, -0.15) is 0 Å². The van der Waals surface area contributed by atoms with Crippen LogP contribution in [0, 0.1) is 5.92 Å². The fraction of sp³-hybridized carbons (Fsp3) is 0.277. The highest BCUT2D eigenvalue weighted by molar-refractivity contribution is 6.31. The van der Waals surface area contributed by atoms with Crippen LogP contribution in [-0.4, -0.2) is 68.6 Å². The van der Waals surface area contributed by atoms with Gasteiger partial charge >= 0.3 is 11.4 Å². The molecular formula is C47H43N5O10. The first-order chi connectivity index (χ1) is 30.0. The molecule has 0 amide bonds. The fourth-order valence-corrected chi connectivity index (χ4v) is 9.99. The van der Waals surface area contributed by atoms with Gasteiger partial charge in [0.05, 0.1) is 57.5 Å². The molecule has 15 nitrogen and oxygen atoms in total. The molecule has 4 unspecified atom stereocenters. The monoisotopic (exact) mass is 837 g/mol. The Morgan fingerprint density at radius 3 is 2.06 bits per heavy atom. The molecule has 62 heavy (non-hydrogen) atoms. The van der Waals surface area contributed by atoms with Gasteiger partial charge in [-0.1, -0.05) is 66.7 Å². The molecule has 0 radical (unpaired) electrons. The first-order valence-corrected chi connectivity index (χ1v) is 20.1. The van der Waals surface area contributed by atoms with Gasteiger partial charge in [0.1, 0.15) is 22.9 Å². The molecule has 1 N–H and O–H groups in total. The van der Waals surface area contributed by atoms with Gasteiger partial charge in [0.15, 0.2) is 23.1 Å². The van der Waals surface area contributed by atoms with Crippen LogP contribution in [0.15, 0.2) is 117 Å². The zero-order valence-corrected chi connectivity index (χ0v) is 34.7. The standard InChI is InChI=1S/C47H43N5O10/c1-49-35-25-37(60-3)36(59-2)24-33(35)48-32(44(49)56)17-18-50-45(57)51-19-16-29-34(52(51)46(50)58)23-31-43(55)30(26-12-8-6-9-13-26)22-40(54)47(31,27-14-10-7-11-15-27)42(29)41-38(61-4)20-28(53)21-39(41)62-5/h6-16,20-22,24-25,31,34,42,53H,17-19,23H2,1-5H3. The lowest BCUT2D eigenvalue weighted by atomic mass is 9.47. The number of ketones is 2. The lowest BCUT2D eigenvalue weighted by Gasteiger charge is -2.54. The quantitative estimate of drug-likeness (QED) is 0.193. The van der Waals surface area contributed by atoms with E-state index in [1.54, 1.807) is 43.4 Å². The summed E-state index contributed by atoms with van der Waals surface area (Å²) >= 11 is 0. The largest absolute Gasteiger partial charge is 0.508 e. The van der Waals surface area contributed by atoms with Crippen molar-refractivity contribution in [1.29, 1.82) is 0 Å². The number of hydrogen-bond acceptors (Lipinski definition) is 11. The van der Waals surface area contributed by atoms with Gasteiger partial charge in [-0.15, -0.1) is 0 Å². The minimum absolute atomic E-state index is 0.0177. The Balaban J connectivity index is 1.22. The topological polar surface area (TPSA) is 175 Å². The van der Waals surface area contributed by atoms with E-state index in [9.17, 15) is 19.5 Å². The summed E-state index contributed by atoms with van der Waals surface area (Å²) in [5.74, 6) is -1.59. The Labute approximate surface area is 354 Å². The van der Waals surface area contributed by atoms with E-state index < -0.39 is 40.2 Å². The van der Waals surface area contributed by atoms with Crippen LogP contribution in [0.4, 0.5) is 0 Å². The minimum atomic E-state index is -1.58. The van der Waals surface area contributed by atoms with Crippen LogP contribution >= 0.6 is 0 Å². The highest BCUT2D eigenvalue weighted by atomic mass is 16.5. The summed E-state index contributed by atoms with van der Waals surface area (Å²) in [6.07, 6.45) is 3.19. The first kappa shape index (κ1) is 40.0. The van der Waals surface area contributed by atoms with Gasteiger partial charge in [-0.05, 0) is 29.2 Å². The number of aromatic nitrogens is 5. The van der Waals surface area contributed by atoms with E-state index in [0.717, 1.165) is 4.57 Å². The SMILES string of the molecule is COc1cc2nc(CCn3c(=O)n4n(c3=O)C3CC5C(=O)C(c6ccccc6)=CC(=O)C5(c5ccccc5)C(c5c(OC)cc(O)cc5OC)C3=CC4)c(=O)n(C)c2cc1OC. The van der Waals surface area contributed by atoms with E-state index >= 15 is 9.59 Å². The van der Waals surface area contributed by atoms with Crippen molar-refractivity contribution >= 4 is 28.2 Å². The number of Topliss-reactive ketones (excluding diaryl/α,β-unsaturated/α-hetero) is 1. The number of hydrogen-bond donors (Lipinski definition) is 1. The van der Waals surface area contributed by atoms with E-state index in [-0.39, 0.29) is 66.0 Å². The molecule has 0 saturated heterocycles. The molecule has 3 heterocycles. The van der Waals surface area contributed by atoms with E-state index in [2.05, 4.69) is 4.98 Å². The van der Waals surface area contributed by atoms with Crippen molar-refractivity contribution in [3.05, 3.63) is 156 Å². The van der Waals surface area contributed by atoms with Crippen molar-refractivity contribution < 1.29 is 33.6 Å². The smallest absolute Gasteiger partial charge is 0.347 e. The maximum atomic E-state index is 15.4. The molecule has 1 aliphatic heterocycles. The van der Waals surface area contributed by atoms with Gasteiger partial charge < -0.3 is 28.6 Å². The second-order valence-electron chi connectivity index (χ2n) is 15.6. The van der Waals surface area contributed by atoms with Gasteiger partial charge in [0.2, 0.25) is 0 Å². The summed E-state index contributed by atoms with van der Waals surface area (Å²) in [5, 5.41) is 10.8. The number of carbonyl (C=O) groups excluding carboxylic acids is 2. The van der Waals surface area contributed by atoms with Gasteiger partial charge in [0.25, 0.3) is 5.56 Å². The molecule has 6 aromatic rings. The van der Waals surface area contributed by atoms with Crippen LogP contribution in [-0.2, 0) is 41.6 Å². The zero-order chi connectivity index (χ0) is 43.6. The Bertz CT molecular complexity index is 3040. The van der Waals surface area contributed by atoms with E-state index in [1.807, 2.05) is 42.5 Å². The molecular weight excluding hydrogens is 795 g/mol. The number of benzene rings is 4. The third kappa shape index (κ3) is 5.85. The Morgan fingerprint density at radius 2 is 1.42 bits per heavy atom. The van der Waals surface area contributed by atoms with E-state index in [1.165, 1.54) is 60.6 Å². The Hall–Kier alpha value is -7.42. The summed E-state index contributed by atoms with van der Waals surface area (Å²) in [6.45, 7) is -0.223. The van der Waals surface area contributed by atoms with Crippen molar-refractivity contribution in [2.24, 2.45) is 13.0 Å². The van der Waals surface area contributed by atoms with Crippen molar-refractivity contribution in [2.45, 2.75) is 43.3 Å². The van der Waals surface area contributed by atoms with Crippen LogP contribution in [0.2, 0.25) is 0 Å². The zero-order valence-electron chi connectivity index (χ0n) is 34.7. The summed E-state index contributed by atoms with van der Waals surface area (Å²) in [4.78, 5) is 78.1. The molecule has 4 aromatic carbocycles. The molecule has 2 aliphatic carbocycles. The number of phenolic OH excluding ortho intramolecular Hbond substituents is 1. The minimum Gasteiger partial charge on any atom is -0.508 e. The maximum absolute atomic E-state index is 15.4. The number of ether oxygens (including phenoxy) is 4. The highest BCUT2D eigenvalue weighted by Gasteiger charge is 2.64. The molecule has 3 aliphatic rings. The fourth-order valence-electron chi connectivity index (χ4n) is 9.99. The normalized spacial score (nSPS) is 20.4. The molecule has 1 saturated carbocycles. The molecule has 2 aromatic heterocycles. The van der Waals surface area contributed by atoms with Crippen molar-refractivity contribution in [2.75, 3.05) is 28.4 Å². The third-order valence-electron chi connectivity index (χ3n) is 12.8. The summed E-state index contributed by atoms with van der Waals surface area (Å²) in [5.41, 5.74) is 0.216. The summed E-state index contributed by atoms with van der Waals surface area (Å²) in [7, 11) is 7.48. The lowest BCUT2D eigenvalue weighted by molar-refractivity contribution is -0.133. The van der Waals surface area contributed by atoms with Gasteiger partial charge in [-0.25, -0.2) is 28.5 Å². The molecule has 15 heteroatoms. The third-order valence-corrected chi connectivity index (χ3v) is 12.8.